The van der Waals surface area contributed by atoms with Crippen molar-refractivity contribution in [3.63, 3.8) is 0 Å². The first-order chi connectivity index (χ1) is 10.4. The molecule has 0 saturated heterocycles. The van der Waals surface area contributed by atoms with Crippen LogP contribution in [-0.2, 0) is 14.4 Å². The lowest BCUT2D eigenvalue weighted by atomic mass is 10.1. The smallest absolute Gasteiger partial charge is 0.326 e. The van der Waals surface area contributed by atoms with Gasteiger partial charge in [0.1, 0.15) is 6.04 Å². The number of carboxylic acid groups (broad SMARTS) is 2. The van der Waals surface area contributed by atoms with Gasteiger partial charge in [-0.1, -0.05) is 19.8 Å². The highest BCUT2D eigenvalue weighted by Crippen LogP contribution is 1.97. The highest BCUT2D eigenvalue weighted by atomic mass is 16.4. The predicted molar refractivity (Wildman–Crippen MR) is 77.4 cm³/mol. The van der Waals surface area contributed by atoms with Crippen LogP contribution in [0.15, 0.2) is 0 Å². The largest absolute Gasteiger partial charge is 0.481 e. The maximum atomic E-state index is 11.5. The van der Waals surface area contributed by atoms with Crippen molar-refractivity contribution in [2.24, 2.45) is 0 Å². The first-order valence-corrected chi connectivity index (χ1v) is 7.12. The number of aliphatic carboxylic acids is 2. The third kappa shape index (κ3) is 10.5. The van der Waals surface area contributed by atoms with Gasteiger partial charge < -0.3 is 26.2 Å². The van der Waals surface area contributed by atoms with Gasteiger partial charge in [-0.25, -0.2) is 9.59 Å². The molecule has 0 radical (unpaired) electrons. The molecule has 1 atom stereocenters. The van der Waals surface area contributed by atoms with E-state index in [1.54, 1.807) is 0 Å². The molecule has 0 aliphatic rings. The van der Waals surface area contributed by atoms with Gasteiger partial charge in [-0.05, 0) is 12.8 Å². The first-order valence-electron chi connectivity index (χ1n) is 7.12. The van der Waals surface area contributed by atoms with Gasteiger partial charge in [-0.2, -0.15) is 0 Å². The van der Waals surface area contributed by atoms with E-state index in [1.807, 2.05) is 6.92 Å². The Balaban J connectivity index is 4.00. The van der Waals surface area contributed by atoms with Crippen molar-refractivity contribution >= 4 is 23.9 Å². The van der Waals surface area contributed by atoms with Gasteiger partial charge in [0, 0.05) is 13.0 Å². The van der Waals surface area contributed by atoms with Crippen LogP contribution in [0.4, 0.5) is 4.79 Å². The molecule has 0 fully saturated rings. The van der Waals surface area contributed by atoms with Gasteiger partial charge in [0.25, 0.3) is 0 Å². The van der Waals surface area contributed by atoms with Crippen LogP contribution in [-0.4, -0.2) is 53.2 Å². The summed E-state index contributed by atoms with van der Waals surface area (Å²) in [6, 6.07) is -2.15. The second-order valence-corrected chi connectivity index (χ2v) is 4.71. The van der Waals surface area contributed by atoms with Crippen molar-refractivity contribution in [3.8, 4) is 0 Å². The predicted octanol–water partition coefficient (Wildman–Crippen LogP) is -0.0900. The van der Waals surface area contributed by atoms with Crippen molar-refractivity contribution in [1.82, 2.24) is 16.0 Å². The fraction of sp³-hybridized carbons (Fsp3) is 0.692. The van der Waals surface area contributed by atoms with Crippen molar-refractivity contribution in [2.45, 2.75) is 45.1 Å². The van der Waals surface area contributed by atoms with Gasteiger partial charge in [0.15, 0.2) is 0 Å². The van der Waals surface area contributed by atoms with Gasteiger partial charge in [0.05, 0.1) is 6.54 Å². The standard InChI is InChI=1S/C13H23N3O6/c1-2-3-4-7-14-10(17)8-15-13(22)16-9(12(20)21)5-6-11(18)19/h9H,2-8H2,1H3,(H,14,17)(H,18,19)(H,20,21)(H2,15,16,22). The van der Waals surface area contributed by atoms with Crippen LogP contribution in [0.3, 0.4) is 0 Å². The highest BCUT2D eigenvalue weighted by molar-refractivity contribution is 5.86. The Morgan fingerprint density at radius 1 is 1.05 bits per heavy atom. The maximum absolute atomic E-state index is 11.5. The molecular weight excluding hydrogens is 294 g/mol. The van der Waals surface area contributed by atoms with Crippen LogP contribution in [0.25, 0.3) is 0 Å². The SMILES string of the molecule is CCCCCNC(=O)CNC(=O)NC(CCC(=O)O)C(=O)O. The molecule has 0 bridgehead atoms. The number of nitrogens with one attached hydrogen (secondary N) is 3. The van der Waals surface area contributed by atoms with Crippen LogP contribution in [0, 0.1) is 0 Å². The van der Waals surface area contributed by atoms with Crippen molar-refractivity contribution in [1.29, 1.82) is 0 Å². The summed E-state index contributed by atoms with van der Waals surface area (Å²) in [5.74, 6) is -2.86. The molecule has 9 nitrogen and oxygen atoms in total. The number of carboxylic acids is 2. The van der Waals surface area contributed by atoms with Crippen molar-refractivity contribution in [2.75, 3.05) is 13.1 Å². The Labute approximate surface area is 128 Å². The van der Waals surface area contributed by atoms with Crippen LogP contribution in [0.5, 0.6) is 0 Å². The molecule has 0 saturated carbocycles. The third-order valence-corrected chi connectivity index (χ3v) is 2.76. The fourth-order valence-electron chi connectivity index (χ4n) is 1.56. The van der Waals surface area contributed by atoms with Crippen molar-refractivity contribution < 1.29 is 29.4 Å². The summed E-state index contributed by atoms with van der Waals surface area (Å²) in [6.45, 7) is 2.28. The van der Waals surface area contributed by atoms with Gasteiger partial charge in [-0.15, -0.1) is 0 Å². The summed E-state index contributed by atoms with van der Waals surface area (Å²) >= 11 is 0. The van der Waals surface area contributed by atoms with Crippen LogP contribution in [0.2, 0.25) is 0 Å². The van der Waals surface area contributed by atoms with E-state index in [2.05, 4.69) is 16.0 Å². The van der Waals surface area contributed by atoms with E-state index in [4.69, 9.17) is 10.2 Å². The van der Waals surface area contributed by atoms with Crippen molar-refractivity contribution in [3.05, 3.63) is 0 Å². The quantitative estimate of drug-likeness (QED) is 0.337. The van der Waals surface area contributed by atoms with Gasteiger partial charge in [0.2, 0.25) is 5.91 Å². The number of carbonyl (C=O) groups is 4. The lowest BCUT2D eigenvalue weighted by Gasteiger charge is -2.14. The average Bonchev–Trinajstić information content (AvgIpc) is 2.45. The summed E-state index contributed by atoms with van der Waals surface area (Å²) in [4.78, 5) is 44.1. The monoisotopic (exact) mass is 317 g/mol. The maximum Gasteiger partial charge on any atom is 0.326 e. The number of amides is 3. The molecule has 0 aliphatic heterocycles. The molecule has 5 N–H and O–H groups in total. The molecule has 0 aromatic heterocycles. The first kappa shape index (κ1) is 19.7. The lowest BCUT2D eigenvalue weighted by molar-refractivity contribution is -0.140. The number of carbonyl (C=O) groups excluding carboxylic acids is 2. The molecule has 0 heterocycles. The number of unbranched alkanes of at least 4 members (excludes halogenated alkanes) is 2. The van der Waals surface area contributed by atoms with E-state index in [-0.39, 0.29) is 25.3 Å². The molecule has 126 valence electrons. The number of rotatable bonds is 11. The number of hydrogen-bond donors (Lipinski definition) is 5. The van der Waals surface area contributed by atoms with E-state index >= 15 is 0 Å². The molecule has 9 heteroatoms. The third-order valence-electron chi connectivity index (χ3n) is 2.76. The minimum atomic E-state index is -1.33. The molecule has 0 aliphatic carbocycles. The summed E-state index contributed by atoms with van der Waals surface area (Å²) in [5, 5.41) is 24.3. The summed E-state index contributed by atoms with van der Waals surface area (Å²) in [7, 11) is 0. The molecule has 1 unspecified atom stereocenters. The minimum absolute atomic E-state index is 0.235. The Kier molecular flexibility index (Phi) is 10.2. The fourth-order valence-corrected chi connectivity index (χ4v) is 1.56. The molecule has 0 spiro atoms. The zero-order valence-corrected chi connectivity index (χ0v) is 12.6. The Morgan fingerprint density at radius 3 is 2.27 bits per heavy atom. The van der Waals surface area contributed by atoms with E-state index < -0.39 is 24.0 Å². The average molecular weight is 317 g/mol. The van der Waals surface area contributed by atoms with E-state index in [9.17, 15) is 19.2 Å². The van der Waals surface area contributed by atoms with E-state index in [0.717, 1.165) is 19.3 Å². The zero-order chi connectivity index (χ0) is 17.0. The summed E-state index contributed by atoms with van der Waals surface area (Å²) < 4.78 is 0. The molecular formula is C13H23N3O6. The highest BCUT2D eigenvalue weighted by Gasteiger charge is 2.20. The Bertz CT molecular complexity index is 399. The molecule has 22 heavy (non-hydrogen) atoms. The molecule has 0 aromatic carbocycles. The molecule has 0 rings (SSSR count). The number of hydrogen-bond acceptors (Lipinski definition) is 4. The second-order valence-electron chi connectivity index (χ2n) is 4.71. The Morgan fingerprint density at radius 2 is 1.73 bits per heavy atom. The van der Waals surface area contributed by atoms with Gasteiger partial charge in [-0.3, -0.25) is 9.59 Å². The number of urea groups is 1. The van der Waals surface area contributed by atoms with Crippen LogP contribution < -0.4 is 16.0 Å². The Hall–Kier alpha value is -2.32. The van der Waals surface area contributed by atoms with Crippen LogP contribution >= 0.6 is 0 Å². The zero-order valence-electron chi connectivity index (χ0n) is 12.6. The topological polar surface area (TPSA) is 145 Å². The minimum Gasteiger partial charge on any atom is -0.481 e. The molecule has 0 aromatic rings. The summed E-state index contributed by atoms with van der Waals surface area (Å²) in [5.41, 5.74) is 0. The lowest BCUT2D eigenvalue weighted by Crippen LogP contribution is -2.48. The normalized spacial score (nSPS) is 11.3. The van der Waals surface area contributed by atoms with Gasteiger partial charge >= 0.3 is 18.0 Å². The molecule has 3 amide bonds. The van der Waals surface area contributed by atoms with Crippen LogP contribution in [0.1, 0.15) is 39.0 Å². The summed E-state index contributed by atoms with van der Waals surface area (Å²) in [6.07, 6.45) is 2.27. The van der Waals surface area contributed by atoms with E-state index in [0.29, 0.717) is 6.54 Å². The second kappa shape index (κ2) is 11.4. The van der Waals surface area contributed by atoms with E-state index in [1.165, 1.54) is 0 Å².